The zero-order valence-corrected chi connectivity index (χ0v) is 19.9. The molecule has 166 valence electrons. The number of likely N-dealkylation sites (N-methyl/N-ethyl adjacent to an activating group) is 2. The standard InChI is InChI=1S/C20H24N4O4S3/c1-23(10-11-24(2)31(26,27)17-8-6-15(28-3)7-9-17)19(25)18-14-30-20(22-18)21-13-16-5-4-12-29-16/h4-9,12,14H,10-11,13H2,1-3H3,(H,21,22). The number of nitrogens with zero attached hydrogens (tertiary/aromatic N) is 3. The van der Waals surface area contributed by atoms with Gasteiger partial charge in [-0.25, -0.2) is 13.4 Å². The molecule has 1 aromatic carbocycles. The van der Waals surface area contributed by atoms with Crippen molar-refractivity contribution in [1.82, 2.24) is 14.2 Å². The van der Waals surface area contributed by atoms with Crippen molar-refractivity contribution in [3.05, 3.63) is 57.7 Å². The van der Waals surface area contributed by atoms with Crippen LogP contribution in [0.4, 0.5) is 5.13 Å². The van der Waals surface area contributed by atoms with Gasteiger partial charge in [0.15, 0.2) is 5.13 Å². The van der Waals surface area contributed by atoms with Crippen molar-refractivity contribution in [1.29, 1.82) is 0 Å². The van der Waals surface area contributed by atoms with Gasteiger partial charge in [0.05, 0.1) is 18.6 Å². The number of rotatable bonds is 10. The lowest BCUT2D eigenvalue weighted by Gasteiger charge is -2.21. The molecule has 2 aromatic heterocycles. The van der Waals surface area contributed by atoms with Crippen LogP contribution in [0.5, 0.6) is 5.75 Å². The molecule has 2 heterocycles. The summed E-state index contributed by atoms with van der Waals surface area (Å²) in [7, 11) is 0.990. The normalized spacial score (nSPS) is 11.5. The van der Waals surface area contributed by atoms with Crippen molar-refractivity contribution in [3.8, 4) is 5.75 Å². The molecule has 0 atom stereocenters. The molecule has 0 aliphatic rings. The van der Waals surface area contributed by atoms with Crippen LogP contribution in [0.15, 0.2) is 52.1 Å². The molecule has 1 N–H and O–H groups in total. The average molecular weight is 481 g/mol. The molecular weight excluding hydrogens is 456 g/mol. The fourth-order valence-corrected chi connectivity index (χ4v) is 5.15. The third kappa shape index (κ3) is 5.82. The molecule has 0 fully saturated rings. The third-order valence-corrected chi connectivity index (χ3v) is 8.13. The van der Waals surface area contributed by atoms with E-state index in [1.165, 1.54) is 51.7 Å². The minimum Gasteiger partial charge on any atom is -0.497 e. The zero-order chi connectivity index (χ0) is 22.4. The zero-order valence-electron chi connectivity index (χ0n) is 17.4. The summed E-state index contributed by atoms with van der Waals surface area (Å²) in [5.74, 6) is 0.329. The molecule has 0 saturated heterocycles. The summed E-state index contributed by atoms with van der Waals surface area (Å²) in [5, 5.41) is 7.59. The highest BCUT2D eigenvalue weighted by atomic mass is 32.2. The quantitative estimate of drug-likeness (QED) is 0.479. The predicted octanol–water partition coefficient (Wildman–Crippen LogP) is 3.22. The first-order chi connectivity index (χ1) is 14.8. The molecule has 0 bridgehead atoms. The van der Waals surface area contributed by atoms with Crippen LogP contribution in [0.3, 0.4) is 0 Å². The fraction of sp³-hybridized carbons (Fsp3) is 0.300. The third-order valence-electron chi connectivity index (χ3n) is 4.58. The van der Waals surface area contributed by atoms with E-state index in [1.54, 1.807) is 35.9 Å². The maximum Gasteiger partial charge on any atom is 0.273 e. The van der Waals surface area contributed by atoms with E-state index in [4.69, 9.17) is 4.74 Å². The first-order valence-corrected chi connectivity index (χ1v) is 12.6. The summed E-state index contributed by atoms with van der Waals surface area (Å²) in [6.07, 6.45) is 0. The second-order valence-corrected chi connectivity index (χ2v) is 10.6. The highest BCUT2D eigenvalue weighted by molar-refractivity contribution is 7.89. The molecule has 0 saturated carbocycles. The molecule has 11 heteroatoms. The number of carbonyl (C=O) groups is 1. The van der Waals surface area contributed by atoms with Gasteiger partial charge in [-0.1, -0.05) is 6.07 Å². The number of methoxy groups -OCH3 is 1. The number of anilines is 1. The Morgan fingerprint density at radius 1 is 1.13 bits per heavy atom. The number of benzene rings is 1. The van der Waals surface area contributed by atoms with Gasteiger partial charge in [0.25, 0.3) is 5.91 Å². The Morgan fingerprint density at radius 2 is 1.87 bits per heavy atom. The average Bonchev–Trinajstić information content (AvgIpc) is 3.47. The van der Waals surface area contributed by atoms with Crippen molar-refractivity contribution in [2.75, 3.05) is 39.6 Å². The van der Waals surface area contributed by atoms with Gasteiger partial charge in [0, 0.05) is 37.4 Å². The number of thiophene rings is 1. The number of sulfonamides is 1. The minimum atomic E-state index is -3.66. The molecule has 0 unspecified atom stereocenters. The molecule has 1 amide bonds. The van der Waals surface area contributed by atoms with Crippen LogP contribution in [0.2, 0.25) is 0 Å². The van der Waals surface area contributed by atoms with E-state index in [-0.39, 0.29) is 23.9 Å². The molecule has 31 heavy (non-hydrogen) atoms. The number of ether oxygens (including phenoxy) is 1. The van der Waals surface area contributed by atoms with Gasteiger partial charge < -0.3 is 15.0 Å². The van der Waals surface area contributed by atoms with E-state index in [9.17, 15) is 13.2 Å². The van der Waals surface area contributed by atoms with Gasteiger partial charge in [0.2, 0.25) is 10.0 Å². The van der Waals surface area contributed by atoms with Gasteiger partial charge in [-0.3, -0.25) is 4.79 Å². The first kappa shape index (κ1) is 23.2. The fourth-order valence-electron chi connectivity index (χ4n) is 2.66. The van der Waals surface area contributed by atoms with Crippen LogP contribution >= 0.6 is 22.7 Å². The lowest BCUT2D eigenvalue weighted by molar-refractivity contribution is 0.0786. The second-order valence-electron chi connectivity index (χ2n) is 6.70. The van der Waals surface area contributed by atoms with Gasteiger partial charge in [-0.2, -0.15) is 4.31 Å². The number of carbonyl (C=O) groups excluding carboxylic acids is 1. The van der Waals surface area contributed by atoms with E-state index < -0.39 is 10.0 Å². The summed E-state index contributed by atoms with van der Waals surface area (Å²) in [4.78, 5) is 19.8. The van der Waals surface area contributed by atoms with Gasteiger partial charge in [-0.05, 0) is 35.7 Å². The maximum atomic E-state index is 12.7. The summed E-state index contributed by atoms with van der Waals surface area (Å²) < 4.78 is 31.7. The van der Waals surface area contributed by atoms with E-state index >= 15 is 0 Å². The Morgan fingerprint density at radius 3 is 2.52 bits per heavy atom. The van der Waals surface area contributed by atoms with E-state index in [0.29, 0.717) is 23.1 Å². The van der Waals surface area contributed by atoms with Gasteiger partial charge in [-0.15, -0.1) is 22.7 Å². The van der Waals surface area contributed by atoms with Crippen molar-refractivity contribution < 1.29 is 17.9 Å². The SMILES string of the molecule is COc1ccc(S(=O)(=O)N(C)CCN(C)C(=O)c2csc(NCc3cccs3)n2)cc1. The Hall–Kier alpha value is -2.47. The largest absolute Gasteiger partial charge is 0.497 e. The second kappa shape index (κ2) is 10.2. The van der Waals surface area contributed by atoms with Crippen LogP contribution in [0.25, 0.3) is 0 Å². The molecular formula is C20H24N4O4S3. The topological polar surface area (TPSA) is 91.8 Å². The molecule has 0 aliphatic heterocycles. The van der Waals surface area contributed by atoms with Crippen molar-refractivity contribution in [3.63, 3.8) is 0 Å². The summed E-state index contributed by atoms with van der Waals surface area (Å²) in [6.45, 7) is 1.05. The molecule has 0 aliphatic carbocycles. The van der Waals surface area contributed by atoms with E-state index in [2.05, 4.69) is 10.3 Å². The number of aromatic nitrogens is 1. The lowest BCUT2D eigenvalue weighted by Crippen LogP contribution is -2.37. The first-order valence-electron chi connectivity index (χ1n) is 9.39. The Labute approximate surface area is 190 Å². The minimum absolute atomic E-state index is 0.157. The van der Waals surface area contributed by atoms with E-state index in [0.717, 1.165) is 0 Å². The molecule has 0 spiro atoms. The van der Waals surface area contributed by atoms with E-state index in [1.807, 2.05) is 17.5 Å². The number of hydrogen-bond acceptors (Lipinski definition) is 8. The van der Waals surface area contributed by atoms with Crippen LogP contribution in [0, 0.1) is 0 Å². The Bertz CT molecular complexity index is 1100. The number of nitrogens with one attached hydrogen (secondary N) is 1. The number of hydrogen-bond donors (Lipinski definition) is 1. The number of thiazole rings is 1. The molecule has 8 nitrogen and oxygen atoms in total. The van der Waals surface area contributed by atoms with Crippen LogP contribution in [-0.4, -0.2) is 62.8 Å². The Kier molecular flexibility index (Phi) is 7.65. The highest BCUT2D eigenvalue weighted by Gasteiger charge is 2.22. The smallest absolute Gasteiger partial charge is 0.273 e. The highest BCUT2D eigenvalue weighted by Crippen LogP contribution is 2.20. The van der Waals surface area contributed by atoms with Crippen LogP contribution in [0.1, 0.15) is 15.4 Å². The summed E-state index contributed by atoms with van der Waals surface area (Å²) in [6, 6.07) is 10.2. The van der Waals surface area contributed by atoms with Crippen molar-refractivity contribution in [2.24, 2.45) is 0 Å². The maximum absolute atomic E-state index is 12.7. The molecule has 3 aromatic rings. The monoisotopic (exact) mass is 480 g/mol. The van der Waals surface area contributed by atoms with Crippen molar-refractivity contribution in [2.45, 2.75) is 11.4 Å². The lowest BCUT2D eigenvalue weighted by atomic mass is 10.3. The predicted molar refractivity (Wildman–Crippen MR) is 124 cm³/mol. The molecule has 0 radical (unpaired) electrons. The number of amides is 1. The van der Waals surface area contributed by atoms with Gasteiger partial charge >= 0.3 is 0 Å². The van der Waals surface area contributed by atoms with Crippen molar-refractivity contribution >= 4 is 43.7 Å². The summed E-state index contributed by atoms with van der Waals surface area (Å²) in [5.41, 5.74) is 0.335. The van der Waals surface area contributed by atoms with Crippen LogP contribution in [-0.2, 0) is 16.6 Å². The van der Waals surface area contributed by atoms with Gasteiger partial charge in [0.1, 0.15) is 11.4 Å². The summed E-state index contributed by atoms with van der Waals surface area (Å²) >= 11 is 3.02. The Balaban J connectivity index is 1.54. The molecule has 3 rings (SSSR count). The van der Waals surface area contributed by atoms with Crippen LogP contribution < -0.4 is 10.1 Å².